The number of hydrogen-bond acceptors (Lipinski definition) is 2. The summed E-state index contributed by atoms with van der Waals surface area (Å²) in [4.78, 5) is 11.8. The number of aliphatic hydroxyl groups is 1. The van der Waals surface area contributed by atoms with E-state index in [1.807, 2.05) is 6.92 Å². The zero-order chi connectivity index (χ0) is 12.8. The Morgan fingerprint density at radius 2 is 2.06 bits per heavy atom. The fourth-order valence-electron chi connectivity index (χ4n) is 3.33. The van der Waals surface area contributed by atoms with E-state index in [1.165, 1.54) is 5.57 Å². The van der Waals surface area contributed by atoms with Crippen LogP contribution in [0.1, 0.15) is 53.4 Å². The van der Waals surface area contributed by atoms with Crippen molar-refractivity contribution in [1.29, 1.82) is 0 Å². The SMILES string of the molecule is CC1=C2CC(O)(C(C)C)CCC(C)C2CC1=O. The summed E-state index contributed by atoms with van der Waals surface area (Å²) in [7, 11) is 0. The molecule has 3 unspecified atom stereocenters. The standard InChI is InChI=1S/C15H24O2/c1-9(2)15(17)6-5-10(3)12-7-14(16)11(4)13(12)8-15/h9-10,12,17H,5-8H2,1-4H3. The lowest BCUT2D eigenvalue weighted by atomic mass is 9.81. The van der Waals surface area contributed by atoms with Crippen molar-refractivity contribution in [3.8, 4) is 0 Å². The van der Waals surface area contributed by atoms with Crippen LogP contribution in [0.5, 0.6) is 0 Å². The molecular weight excluding hydrogens is 212 g/mol. The lowest BCUT2D eigenvalue weighted by molar-refractivity contribution is -0.115. The highest BCUT2D eigenvalue weighted by atomic mass is 16.3. The summed E-state index contributed by atoms with van der Waals surface area (Å²) in [6.45, 7) is 8.33. The molecule has 3 atom stereocenters. The van der Waals surface area contributed by atoms with Gasteiger partial charge in [0.05, 0.1) is 5.60 Å². The first-order valence-electron chi connectivity index (χ1n) is 6.80. The molecule has 1 N–H and O–H groups in total. The van der Waals surface area contributed by atoms with Gasteiger partial charge in [-0.1, -0.05) is 26.3 Å². The van der Waals surface area contributed by atoms with E-state index in [0.29, 0.717) is 30.5 Å². The first-order valence-corrected chi connectivity index (χ1v) is 6.80. The molecule has 2 nitrogen and oxygen atoms in total. The molecule has 2 heteroatoms. The van der Waals surface area contributed by atoms with E-state index in [4.69, 9.17) is 0 Å². The summed E-state index contributed by atoms with van der Waals surface area (Å²) in [5.41, 5.74) is 1.57. The number of hydrogen-bond donors (Lipinski definition) is 1. The Balaban J connectivity index is 2.37. The molecule has 0 aromatic rings. The van der Waals surface area contributed by atoms with Crippen molar-refractivity contribution in [3.05, 3.63) is 11.1 Å². The van der Waals surface area contributed by atoms with Crippen LogP contribution in [0.4, 0.5) is 0 Å². The third-order valence-electron chi connectivity index (χ3n) is 5.04. The van der Waals surface area contributed by atoms with E-state index in [9.17, 15) is 9.90 Å². The number of carbonyl (C=O) groups is 1. The van der Waals surface area contributed by atoms with Gasteiger partial charge >= 0.3 is 0 Å². The third kappa shape index (κ3) is 2.08. The normalized spacial score (nSPS) is 38.6. The van der Waals surface area contributed by atoms with Gasteiger partial charge in [-0.2, -0.15) is 0 Å². The Kier molecular flexibility index (Phi) is 3.19. The zero-order valence-electron chi connectivity index (χ0n) is 11.4. The van der Waals surface area contributed by atoms with Gasteiger partial charge in [-0.15, -0.1) is 0 Å². The molecule has 1 fully saturated rings. The topological polar surface area (TPSA) is 37.3 Å². The van der Waals surface area contributed by atoms with Crippen molar-refractivity contribution in [2.45, 2.75) is 59.0 Å². The van der Waals surface area contributed by atoms with Crippen molar-refractivity contribution in [2.24, 2.45) is 17.8 Å². The average molecular weight is 236 g/mol. The van der Waals surface area contributed by atoms with E-state index < -0.39 is 5.60 Å². The van der Waals surface area contributed by atoms with Crippen LogP contribution in [0.25, 0.3) is 0 Å². The summed E-state index contributed by atoms with van der Waals surface area (Å²) in [6.07, 6.45) is 3.28. The average Bonchev–Trinajstić information content (AvgIpc) is 2.45. The second kappa shape index (κ2) is 4.24. The first kappa shape index (κ1) is 12.8. The Hall–Kier alpha value is -0.630. The van der Waals surface area contributed by atoms with Gasteiger partial charge in [0, 0.05) is 6.42 Å². The van der Waals surface area contributed by atoms with Gasteiger partial charge in [0.25, 0.3) is 0 Å². The molecule has 0 aromatic heterocycles. The van der Waals surface area contributed by atoms with E-state index in [-0.39, 0.29) is 5.92 Å². The van der Waals surface area contributed by atoms with Gasteiger partial charge in [0.1, 0.15) is 0 Å². The number of ketones is 1. The van der Waals surface area contributed by atoms with E-state index >= 15 is 0 Å². The summed E-state index contributed by atoms with van der Waals surface area (Å²) in [5.74, 6) is 1.48. The van der Waals surface area contributed by atoms with Gasteiger partial charge in [0.15, 0.2) is 5.78 Å². The lowest BCUT2D eigenvalue weighted by Crippen LogP contribution is -2.34. The fraction of sp³-hybridized carbons (Fsp3) is 0.800. The van der Waals surface area contributed by atoms with Crippen LogP contribution in [-0.2, 0) is 4.79 Å². The van der Waals surface area contributed by atoms with E-state index in [1.54, 1.807) is 0 Å². The molecule has 17 heavy (non-hydrogen) atoms. The van der Waals surface area contributed by atoms with Crippen LogP contribution in [0.2, 0.25) is 0 Å². The van der Waals surface area contributed by atoms with Crippen molar-refractivity contribution in [1.82, 2.24) is 0 Å². The van der Waals surface area contributed by atoms with Gasteiger partial charge in [-0.3, -0.25) is 4.79 Å². The largest absolute Gasteiger partial charge is 0.389 e. The molecule has 0 amide bonds. The predicted molar refractivity (Wildman–Crippen MR) is 68.6 cm³/mol. The number of Topliss-reactive ketones (excluding diaryl/α,β-unsaturated/α-hetero) is 1. The zero-order valence-corrected chi connectivity index (χ0v) is 11.4. The van der Waals surface area contributed by atoms with Crippen molar-refractivity contribution in [2.75, 3.05) is 0 Å². The minimum Gasteiger partial charge on any atom is -0.389 e. The summed E-state index contributed by atoms with van der Waals surface area (Å²) in [5, 5.41) is 10.8. The molecule has 0 saturated heterocycles. The molecule has 0 aliphatic heterocycles. The molecule has 0 bridgehead atoms. The summed E-state index contributed by atoms with van der Waals surface area (Å²) < 4.78 is 0. The molecule has 0 heterocycles. The minimum atomic E-state index is -0.607. The molecule has 0 radical (unpaired) electrons. The van der Waals surface area contributed by atoms with Crippen LogP contribution >= 0.6 is 0 Å². The maximum Gasteiger partial charge on any atom is 0.159 e. The quantitative estimate of drug-likeness (QED) is 0.759. The minimum absolute atomic E-state index is 0.254. The monoisotopic (exact) mass is 236 g/mol. The molecule has 0 spiro atoms. The van der Waals surface area contributed by atoms with Gasteiger partial charge in [0.2, 0.25) is 0 Å². The second-order valence-electron chi connectivity index (χ2n) is 6.34. The molecule has 1 saturated carbocycles. The van der Waals surface area contributed by atoms with Crippen molar-refractivity contribution >= 4 is 5.78 Å². The number of carbonyl (C=O) groups excluding carboxylic acids is 1. The third-order valence-corrected chi connectivity index (χ3v) is 5.04. The maximum absolute atomic E-state index is 11.8. The molecule has 0 aromatic carbocycles. The van der Waals surface area contributed by atoms with Crippen molar-refractivity contribution in [3.63, 3.8) is 0 Å². The number of allylic oxidation sites excluding steroid dienone is 1. The fourth-order valence-corrected chi connectivity index (χ4v) is 3.33. The van der Waals surface area contributed by atoms with Crippen molar-refractivity contribution < 1.29 is 9.90 Å². The highest BCUT2D eigenvalue weighted by molar-refractivity contribution is 5.98. The van der Waals surface area contributed by atoms with Gasteiger partial charge in [-0.05, 0) is 49.5 Å². The van der Waals surface area contributed by atoms with Crippen LogP contribution < -0.4 is 0 Å². The highest BCUT2D eigenvalue weighted by Gasteiger charge is 2.43. The predicted octanol–water partition coefficient (Wildman–Crippen LogP) is 3.10. The highest BCUT2D eigenvalue weighted by Crippen LogP contribution is 2.46. The Bertz CT molecular complexity index is 367. The maximum atomic E-state index is 11.8. The van der Waals surface area contributed by atoms with Gasteiger partial charge in [-0.25, -0.2) is 0 Å². The number of fused-ring (bicyclic) bond motifs is 1. The Morgan fingerprint density at radius 1 is 1.41 bits per heavy atom. The number of rotatable bonds is 1. The molecule has 2 rings (SSSR count). The van der Waals surface area contributed by atoms with E-state index in [0.717, 1.165) is 18.4 Å². The molecule has 2 aliphatic carbocycles. The van der Waals surface area contributed by atoms with Crippen LogP contribution in [0.3, 0.4) is 0 Å². The summed E-state index contributed by atoms with van der Waals surface area (Å²) >= 11 is 0. The molecule has 96 valence electrons. The van der Waals surface area contributed by atoms with E-state index in [2.05, 4.69) is 20.8 Å². The van der Waals surface area contributed by atoms with Crippen LogP contribution in [0, 0.1) is 17.8 Å². The Morgan fingerprint density at radius 3 is 2.65 bits per heavy atom. The first-order chi connectivity index (χ1) is 7.85. The van der Waals surface area contributed by atoms with Crippen LogP contribution in [0.15, 0.2) is 11.1 Å². The molecule has 2 aliphatic rings. The summed E-state index contributed by atoms with van der Waals surface area (Å²) in [6, 6.07) is 0. The van der Waals surface area contributed by atoms with Gasteiger partial charge < -0.3 is 5.11 Å². The second-order valence-corrected chi connectivity index (χ2v) is 6.34. The molecular formula is C15H24O2. The smallest absolute Gasteiger partial charge is 0.159 e. The van der Waals surface area contributed by atoms with Crippen LogP contribution in [-0.4, -0.2) is 16.5 Å². The Labute approximate surface area is 104 Å². The lowest BCUT2D eigenvalue weighted by Gasteiger charge is -2.31.